The Morgan fingerprint density at radius 1 is 1.47 bits per heavy atom. The summed E-state index contributed by atoms with van der Waals surface area (Å²) in [5.74, 6) is -0.638. The summed E-state index contributed by atoms with van der Waals surface area (Å²) in [6, 6.07) is 2.87. The largest absolute Gasteiger partial charge is 0.417 e. The zero-order valence-electron chi connectivity index (χ0n) is 8.81. The van der Waals surface area contributed by atoms with Crippen LogP contribution in [0.1, 0.15) is 12.5 Å². The SMILES string of the molecule is CC(Nc1ccc(Br)c(C(F)(F)F)c1)C(N)=O. The average Bonchev–Trinajstić information content (AvgIpc) is 2.19. The Kier molecular flexibility index (Phi) is 4.03. The van der Waals surface area contributed by atoms with Crippen LogP contribution in [0.2, 0.25) is 0 Å². The minimum atomic E-state index is -4.45. The smallest absolute Gasteiger partial charge is 0.374 e. The molecule has 0 aliphatic carbocycles. The lowest BCUT2D eigenvalue weighted by molar-refractivity contribution is -0.138. The van der Waals surface area contributed by atoms with Gasteiger partial charge in [-0.15, -0.1) is 0 Å². The number of amides is 1. The minimum Gasteiger partial charge on any atom is -0.374 e. The third-order valence-electron chi connectivity index (χ3n) is 2.08. The van der Waals surface area contributed by atoms with E-state index in [-0.39, 0.29) is 10.2 Å². The number of hydrogen-bond acceptors (Lipinski definition) is 2. The fraction of sp³-hybridized carbons (Fsp3) is 0.300. The van der Waals surface area contributed by atoms with E-state index in [4.69, 9.17) is 5.73 Å². The molecule has 0 saturated carbocycles. The van der Waals surface area contributed by atoms with Crippen molar-refractivity contribution in [2.75, 3.05) is 5.32 Å². The van der Waals surface area contributed by atoms with E-state index in [2.05, 4.69) is 21.2 Å². The summed E-state index contributed by atoms with van der Waals surface area (Å²) in [5, 5.41) is 2.59. The maximum Gasteiger partial charge on any atom is 0.417 e. The molecule has 1 aromatic carbocycles. The molecule has 1 unspecified atom stereocenters. The Balaban J connectivity index is 3.01. The lowest BCUT2D eigenvalue weighted by Gasteiger charge is -2.15. The molecule has 7 heteroatoms. The first-order valence-corrected chi connectivity index (χ1v) is 5.43. The van der Waals surface area contributed by atoms with Gasteiger partial charge in [-0.3, -0.25) is 4.79 Å². The van der Waals surface area contributed by atoms with Gasteiger partial charge in [-0.25, -0.2) is 0 Å². The third-order valence-corrected chi connectivity index (χ3v) is 2.77. The van der Waals surface area contributed by atoms with Gasteiger partial charge >= 0.3 is 6.18 Å². The Morgan fingerprint density at radius 2 is 2.06 bits per heavy atom. The van der Waals surface area contributed by atoms with Crippen LogP contribution in [-0.2, 0) is 11.0 Å². The number of hydrogen-bond donors (Lipinski definition) is 2. The van der Waals surface area contributed by atoms with Gasteiger partial charge in [0.05, 0.1) is 5.56 Å². The molecule has 3 N–H and O–H groups in total. The van der Waals surface area contributed by atoms with Crippen molar-refractivity contribution in [2.45, 2.75) is 19.1 Å². The number of nitrogens with one attached hydrogen (secondary N) is 1. The number of anilines is 1. The molecule has 0 aromatic heterocycles. The number of carbonyl (C=O) groups excluding carboxylic acids is 1. The van der Waals surface area contributed by atoms with E-state index in [1.54, 1.807) is 0 Å². The molecule has 1 atom stereocenters. The van der Waals surface area contributed by atoms with Gasteiger partial charge in [-0.05, 0) is 25.1 Å². The van der Waals surface area contributed by atoms with Crippen molar-refractivity contribution in [2.24, 2.45) is 5.73 Å². The van der Waals surface area contributed by atoms with Crippen molar-refractivity contribution in [3.05, 3.63) is 28.2 Å². The summed E-state index contributed by atoms with van der Waals surface area (Å²) in [6.07, 6.45) is -4.45. The molecule has 0 radical (unpaired) electrons. The fourth-order valence-corrected chi connectivity index (χ4v) is 1.62. The lowest BCUT2D eigenvalue weighted by atomic mass is 10.2. The van der Waals surface area contributed by atoms with Crippen molar-refractivity contribution >= 4 is 27.5 Å². The molecule has 0 saturated heterocycles. The summed E-state index contributed by atoms with van der Waals surface area (Å²) in [4.78, 5) is 10.8. The summed E-state index contributed by atoms with van der Waals surface area (Å²) < 4.78 is 37.7. The molecule has 0 aliphatic rings. The molecule has 0 heterocycles. The van der Waals surface area contributed by atoms with Crippen molar-refractivity contribution in [3.8, 4) is 0 Å². The summed E-state index contributed by atoms with van der Waals surface area (Å²) in [5.41, 5.74) is 4.39. The van der Waals surface area contributed by atoms with Crippen molar-refractivity contribution in [3.63, 3.8) is 0 Å². The summed E-state index contributed by atoms with van der Waals surface area (Å²) in [6.45, 7) is 1.47. The standard InChI is InChI=1S/C10H10BrF3N2O/c1-5(9(15)17)16-6-2-3-8(11)7(4-6)10(12,13)14/h2-5,16H,1H3,(H2,15,17). The van der Waals surface area contributed by atoms with Crippen LogP contribution < -0.4 is 11.1 Å². The monoisotopic (exact) mass is 310 g/mol. The normalized spacial score (nSPS) is 13.2. The highest BCUT2D eigenvalue weighted by atomic mass is 79.9. The summed E-state index contributed by atoms with van der Waals surface area (Å²) >= 11 is 2.82. The molecule has 0 bridgehead atoms. The molecule has 0 fully saturated rings. The van der Waals surface area contributed by atoms with Crippen LogP contribution >= 0.6 is 15.9 Å². The van der Waals surface area contributed by atoms with Gasteiger partial charge < -0.3 is 11.1 Å². The topological polar surface area (TPSA) is 55.1 Å². The van der Waals surface area contributed by atoms with Crippen molar-refractivity contribution in [1.82, 2.24) is 0 Å². The molecule has 17 heavy (non-hydrogen) atoms. The van der Waals surface area contributed by atoms with Crippen LogP contribution in [0, 0.1) is 0 Å². The van der Waals surface area contributed by atoms with E-state index in [0.29, 0.717) is 0 Å². The molecule has 94 valence electrons. The Hall–Kier alpha value is -1.24. The van der Waals surface area contributed by atoms with Gasteiger partial charge in [-0.2, -0.15) is 13.2 Å². The number of halogens is 4. The van der Waals surface area contributed by atoms with Crippen LogP contribution in [0.15, 0.2) is 22.7 Å². The Morgan fingerprint density at radius 3 is 2.53 bits per heavy atom. The van der Waals surface area contributed by atoms with E-state index in [1.807, 2.05) is 0 Å². The number of carbonyl (C=O) groups is 1. The van der Waals surface area contributed by atoms with Crippen LogP contribution in [0.3, 0.4) is 0 Å². The van der Waals surface area contributed by atoms with Gasteiger partial charge in [0.15, 0.2) is 0 Å². The van der Waals surface area contributed by atoms with E-state index >= 15 is 0 Å². The second-order valence-electron chi connectivity index (χ2n) is 3.46. The van der Waals surface area contributed by atoms with E-state index in [9.17, 15) is 18.0 Å². The zero-order valence-corrected chi connectivity index (χ0v) is 10.4. The fourth-order valence-electron chi connectivity index (χ4n) is 1.15. The second-order valence-corrected chi connectivity index (χ2v) is 4.32. The predicted octanol–water partition coefficient (Wildman–Crippen LogP) is 2.75. The highest BCUT2D eigenvalue weighted by Crippen LogP contribution is 2.36. The Labute approximate surface area is 104 Å². The average molecular weight is 311 g/mol. The molecular weight excluding hydrogens is 301 g/mol. The Bertz CT molecular complexity index is 434. The molecular formula is C10H10BrF3N2O. The number of rotatable bonds is 3. The molecule has 0 spiro atoms. The highest BCUT2D eigenvalue weighted by Gasteiger charge is 2.33. The van der Waals surface area contributed by atoms with E-state index in [1.165, 1.54) is 19.1 Å². The van der Waals surface area contributed by atoms with E-state index < -0.39 is 23.7 Å². The zero-order chi connectivity index (χ0) is 13.2. The predicted molar refractivity (Wildman–Crippen MR) is 61.4 cm³/mol. The molecule has 0 aliphatic heterocycles. The number of nitrogens with two attached hydrogens (primary N) is 1. The highest BCUT2D eigenvalue weighted by molar-refractivity contribution is 9.10. The van der Waals surface area contributed by atoms with Crippen LogP contribution in [-0.4, -0.2) is 11.9 Å². The first-order chi connectivity index (χ1) is 7.71. The van der Waals surface area contributed by atoms with Crippen molar-refractivity contribution < 1.29 is 18.0 Å². The molecule has 3 nitrogen and oxygen atoms in total. The second kappa shape index (κ2) is 4.95. The van der Waals surface area contributed by atoms with Gasteiger partial charge in [0.1, 0.15) is 6.04 Å². The number of primary amides is 1. The van der Waals surface area contributed by atoms with E-state index in [0.717, 1.165) is 6.07 Å². The molecule has 1 aromatic rings. The summed E-state index contributed by atoms with van der Waals surface area (Å²) in [7, 11) is 0. The molecule has 1 amide bonds. The van der Waals surface area contributed by atoms with Crippen LogP contribution in [0.4, 0.5) is 18.9 Å². The van der Waals surface area contributed by atoms with Gasteiger partial charge in [0, 0.05) is 10.2 Å². The first kappa shape index (κ1) is 13.8. The first-order valence-electron chi connectivity index (χ1n) is 4.64. The maximum atomic E-state index is 12.6. The molecule has 1 rings (SSSR count). The maximum absolute atomic E-state index is 12.6. The van der Waals surface area contributed by atoms with Crippen molar-refractivity contribution in [1.29, 1.82) is 0 Å². The van der Waals surface area contributed by atoms with Crippen LogP contribution in [0.25, 0.3) is 0 Å². The lowest BCUT2D eigenvalue weighted by Crippen LogP contribution is -2.32. The van der Waals surface area contributed by atoms with Gasteiger partial charge in [-0.1, -0.05) is 15.9 Å². The van der Waals surface area contributed by atoms with Crippen LogP contribution in [0.5, 0.6) is 0 Å². The third kappa shape index (κ3) is 3.62. The minimum absolute atomic E-state index is 0.0534. The van der Waals surface area contributed by atoms with Gasteiger partial charge in [0.2, 0.25) is 5.91 Å². The van der Waals surface area contributed by atoms with Gasteiger partial charge in [0.25, 0.3) is 0 Å². The number of alkyl halides is 3. The quantitative estimate of drug-likeness (QED) is 0.902. The number of benzene rings is 1.